The quantitative estimate of drug-likeness (QED) is 0.563. The normalized spacial score (nSPS) is 12.2. The maximum Gasteiger partial charge on any atom is 0.338 e. The lowest BCUT2D eigenvalue weighted by molar-refractivity contribution is 0.0319. The van der Waals surface area contributed by atoms with Gasteiger partial charge in [0.2, 0.25) is 5.78 Å². The first-order valence-electron chi connectivity index (χ1n) is 8.28. The van der Waals surface area contributed by atoms with E-state index >= 15 is 0 Å². The van der Waals surface area contributed by atoms with Gasteiger partial charge in [-0.1, -0.05) is 24.3 Å². The largest absolute Gasteiger partial charge is 0.451 e. The summed E-state index contributed by atoms with van der Waals surface area (Å²) in [5.41, 5.74) is 4.83. The van der Waals surface area contributed by atoms with E-state index in [2.05, 4.69) is 4.98 Å². The van der Waals surface area contributed by atoms with Gasteiger partial charge < -0.3 is 9.72 Å². The van der Waals surface area contributed by atoms with Crippen LogP contribution >= 0.6 is 0 Å². The standard InChI is InChI=1S/C21H21NO3/c1-12-9-10-16(11-13(12)2)21(24)25-15(4)20(23)19-14(3)22-18-8-6-5-7-17(18)19/h5-11,15,22H,1-4H3/t15-/m0/s1. The summed E-state index contributed by atoms with van der Waals surface area (Å²) in [7, 11) is 0. The number of hydrogen-bond acceptors (Lipinski definition) is 3. The molecule has 0 saturated heterocycles. The van der Waals surface area contributed by atoms with Gasteiger partial charge in [-0.25, -0.2) is 4.79 Å². The first-order chi connectivity index (χ1) is 11.9. The van der Waals surface area contributed by atoms with Crippen molar-refractivity contribution in [3.05, 3.63) is 70.4 Å². The minimum absolute atomic E-state index is 0.202. The Hall–Kier alpha value is -2.88. The molecule has 4 heteroatoms. The number of esters is 1. The molecule has 2 aromatic carbocycles. The van der Waals surface area contributed by atoms with Crippen molar-refractivity contribution >= 4 is 22.7 Å². The molecule has 0 radical (unpaired) electrons. The lowest BCUT2D eigenvalue weighted by Crippen LogP contribution is -2.25. The predicted molar refractivity (Wildman–Crippen MR) is 98.2 cm³/mol. The maximum absolute atomic E-state index is 12.8. The first kappa shape index (κ1) is 17.0. The number of ketones is 1. The molecule has 0 aliphatic heterocycles. The van der Waals surface area contributed by atoms with Crippen LogP contribution in [0.5, 0.6) is 0 Å². The molecule has 0 saturated carbocycles. The summed E-state index contributed by atoms with van der Waals surface area (Å²) < 4.78 is 5.42. The van der Waals surface area contributed by atoms with Crippen LogP contribution in [0.15, 0.2) is 42.5 Å². The van der Waals surface area contributed by atoms with Crippen molar-refractivity contribution in [3.63, 3.8) is 0 Å². The van der Waals surface area contributed by atoms with Crippen LogP contribution in [0.4, 0.5) is 0 Å². The number of aromatic amines is 1. The van der Waals surface area contributed by atoms with Gasteiger partial charge in [0.1, 0.15) is 0 Å². The highest BCUT2D eigenvalue weighted by molar-refractivity contribution is 6.11. The molecule has 25 heavy (non-hydrogen) atoms. The van der Waals surface area contributed by atoms with E-state index in [9.17, 15) is 9.59 Å². The van der Waals surface area contributed by atoms with Crippen molar-refractivity contribution < 1.29 is 14.3 Å². The summed E-state index contributed by atoms with van der Waals surface area (Å²) >= 11 is 0. The Kier molecular flexibility index (Phi) is 4.45. The molecule has 3 rings (SSSR count). The van der Waals surface area contributed by atoms with E-state index in [1.54, 1.807) is 19.1 Å². The summed E-state index contributed by atoms with van der Waals surface area (Å²) in [6.45, 7) is 7.39. The minimum atomic E-state index is -0.855. The SMILES string of the molecule is Cc1ccc(C(=O)O[C@@H](C)C(=O)c2c(C)[nH]c3ccccc23)cc1C. The van der Waals surface area contributed by atoms with E-state index < -0.39 is 12.1 Å². The van der Waals surface area contributed by atoms with Gasteiger partial charge in [0, 0.05) is 22.2 Å². The van der Waals surface area contributed by atoms with Crippen molar-refractivity contribution in [2.24, 2.45) is 0 Å². The summed E-state index contributed by atoms with van der Waals surface area (Å²) in [5, 5.41) is 0.846. The number of nitrogens with one attached hydrogen (secondary N) is 1. The van der Waals surface area contributed by atoms with Crippen molar-refractivity contribution in [1.82, 2.24) is 4.98 Å². The molecule has 3 aromatic rings. The average Bonchev–Trinajstić information content (AvgIpc) is 2.92. The predicted octanol–water partition coefficient (Wildman–Crippen LogP) is 4.52. The Morgan fingerprint density at radius 1 is 1.00 bits per heavy atom. The number of hydrogen-bond donors (Lipinski definition) is 1. The van der Waals surface area contributed by atoms with E-state index in [1.165, 1.54) is 0 Å². The van der Waals surface area contributed by atoms with Crippen LogP contribution in [-0.2, 0) is 4.74 Å². The topological polar surface area (TPSA) is 59.2 Å². The number of fused-ring (bicyclic) bond motifs is 1. The highest BCUT2D eigenvalue weighted by Crippen LogP contribution is 2.24. The highest BCUT2D eigenvalue weighted by atomic mass is 16.5. The molecule has 1 N–H and O–H groups in total. The number of benzene rings is 2. The summed E-state index contributed by atoms with van der Waals surface area (Å²) in [4.78, 5) is 28.4. The number of carbonyl (C=O) groups is 2. The van der Waals surface area contributed by atoms with E-state index in [1.807, 2.05) is 51.1 Å². The number of H-pyrrole nitrogens is 1. The van der Waals surface area contributed by atoms with Crippen LogP contribution in [0.3, 0.4) is 0 Å². The Morgan fingerprint density at radius 3 is 2.44 bits per heavy atom. The monoisotopic (exact) mass is 335 g/mol. The Balaban J connectivity index is 1.83. The zero-order chi connectivity index (χ0) is 18.1. The molecule has 4 nitrogen and oxygen atoms in total. The zero-order valence-corrected chi connectivity index (χ0v) is 14.8. The third-order valence-electron chi connectivity index (χ3n) is 4.54. The molecule has 0 spiro atoms. The second-order valence-corrected chi connectivity index (χ2v) is 6.38. The van der Waals surface area contributed by atoms with Gasteiger partial charge in [0.15, 0.2) is 6.10 Å². The van der Waals surface area contributed by atoms with Gasteiger partial charge in [-0.3, -0.25) is 4.79 Å². The molecule has 0 amide bonds. The lowest BCUT2D eigenvalue weighted by atomic mass is 10.0. The van der Waals surface area contributed by atoms with Gasteiger partial charge in [-0.05, 0) is 57.0 Å². The molecule has 0 fully saturated rings. The minimum Gasteiger partial charge on any atom is -0.451 e. The molecule has 0 unspecified atom stereocenters. The molecular weight excluding hydrogens is 314 g/mol. The van der Waals surface area contributed by atoms with Crippen molar-refractivity contribution in [2.45, 2.75) is 33.8 Å². The van der Waals surface area contributed by atoms with Crippen LogP contribution in [0, 0.1) is 20.8 Å². The lowest BCUT2D eigenvalue weighted by Gasteiger charge is -2.13. The molecule has 0 bridgehead atoms. The number of para-hydroxylation sites is 1. The van der Waals surface area contributed by atoms with Crippen LogP contribution in [0.1, 0.15) is 44.5 Å². The van der Waals surface area contributed by atoms with Gasteiger partial charge in [-0.2, -0.15) is 0 Å². The van der Waals surface area contributed by atoms with Crippen LogP contribution in [0.25, 0.3) is 10.9 Å². The second kappa shape index (κ2) is 6.55. The molecule has 0 aliphatic carbocycles. The molecular formula is C21H21NO3. The Labute approximate surface area is 146 Å². The van der Waals surface area contributed by atoms with Crippen LogP contribution in [-0.4, -0.2) is 22.8 Å². The first-order valence-corrected chi connectivity index (χ1v) is 8.28. The van der Waals surface area contributed by atoms with Gasteiger partial charge in [0.25, 0.3) is 0 Å². The third kappa shape index (κ3) is 3.20. The number of carbonyl (C=O) groups excluding carboxylic acids is 2. The Bertz CT molecular complexity index is 968. The number of aryl methyl sites for hydroxylation is 3. The van der Waals surface area contributed by atoms with Crippen LogP contribution in [0.2, 0.25) is 0 Å². The third-order valence-corrected chi connectivity index (χ3v) is 4.54. The zero-order valence-electron chi connectivity index (χ0n) is 14.8. The van der Waals surface area contributed by atoms with E-state index in [0.717, 1.165) is 27.7 Å². The van der Waals surface area contributed by atoms with Crippen molar-refractivity contribution in [1.29, 1.82) is 0 Å². The van der Waals surface area contributed by atoms with Crippen molar-refractivity contribution in [2.75, 3.05) is 0 Å². The van der Waals surface area contributed by atoms with Gasteiger partial charge in [-0.15, -0.1) is 0 Å². The number of aromatic nitrogens is 1. The fourth-order valence-corrected chi connectivity index (χ4v) is 2.95. The molecule has 1 atom stereocenters. The molecule has 1 heterocycles. The van der Waals surface area contributed by atoms with Crippen LogP contribution < -0.4 is 0 Å². The highest BCUT2D eigenvalue weighted by Gasteiger charge is 2.24. The molecule has 128 valence electrons. The number of rotatable bonds is 4. The van der Waals surface area contributed by atoms with Gasteiger partial charge in [0.05, 0.1) is 5.56 Å². The average molecular weight is 335 g/mol. The molecule has 1 aromatic heterocycles. The van der Waals surface area contributed by atoms with E-state index in [-0.39, 0.29) is 5.78 Å². The number of ether oxygens (including phenoxy) is 1. The van der Waals surface area contributed by atoms with E-state index in [4.69, 9.17) is 4.74 Å². The maximum atomic E-state index is 12.8. The number of Topliss-reactive ketones (excluding diaryl/α,β-unsaturated/α-hetero) is 1. The summed E-state index contributed by atoms with van der Waals surface area (Å²) in [6.07, 6.45) is -0.855. The van der Waals surface area contributed by atoms with Crippen molar-refractivity contribution in [3.8, 4) is 0 Å². The fraction of sp³-hybridized carbons (Fsp3) is 0.238. The summed E-state index contributed by atoms with van der Waals surface area (Å²) in [6, 6.07) is 13.0. The summed E-state index contributed by atoms with van der Waals surface area (Å²) in [5.74, 6) is -0.687. The Morgan fingerprint density at radius 2 is 1.72 bits per heavy atom. The second-order valence-electron chi connectivity index (χ2n) is 6.38. The smallest absolute Gasteiger partial charge is 0.338 e. The fourth-order valence-electron chi connectivity index (χ4n) is 2.95. The van der Waals surface area contributed by atoms with Gasteiger partial charge >= 0.3 is 5.97 Å². The molecule has 0 aliphatic rings. The van der Waals surface area contributed by atoms with E-state index in [0.29, 0.717) is 11.1 Å².